The van der Waals surface area contributed by atoms with Crippen molar-refractivity contribution >= 4 is 5.97 Å². The van der Waals surface area contributed by atoms with Crippen LogP contribution in [0.1, 0.15) is 52.9 Å². The van der Waals surface area contributed by atoms with Gasteiger partial charge in [0.25, 0.3) is 0 Å². The van der Waals surface area contributed by atoms with Crippen LogP contribution >= 0.6 is 0 Å². The van der Waals surface area contributed by atoms with E-state index in [2.05, 4.69) is 13.8 Å². The van der Waals surface area contributed by atoms with Crippen molar-refractivity contribution < 1.29 is 9.53 Å². The van der Waals surface area contributed by atoms with E-state index in [4.69, 9.17) is 4.74 Å². The van der Waals surface area contributed by atoms with Crippen LogP contribution < -0.4 is 0 Å². The fraction of sp³-hybridized carbons (Fsp3) is 0.917. The molecule has 0 aliphatic heterocycles. The number of ether oxygens (including phenoxy) is 1. The molecule has 2 heteroatoms. The SMILES string of the molecule is CC(C)CC(C)C(=O)OC1CCCC1. The Balaban J connectivity index is 2.25. The lowest BCUT2D eigenvalue weighted by molar-refractivity contribution is -0.153. The molecule has 1 fully saturated rings. The fourth-order valence-corrected chi connectivity index (χ4v) is 2.09. The number of rotatable bonds is 4. The third-order valence-electron chi connectivity index (χ3n) is 2.81. The molecule has 0 bridgehead atoms. The van der Waals surface area contributed by atoms with Gasteiger partial charge in [-0.25, -0.2) is 0 Å². The molecule has 0 aromatic heterocycles. The second-order valence-electron chi connectivity index (χ2n) is 4.87. The van der Waals surface area contributed by atoms with Crippen molar-refractivity contribution in [3.8, 4) is 0 Å². The molecule has 1 unspecified atom stereocenters. The largest absolute Gasteiger partial charge is 0.462 e. The van der Waals surface area contributed by atoms with Crippen molar-refractivity contribution in [3.63, 3.8) is 0 Å². The van der Waals surface area contributed by atoms with Gasteiger partial charge in [-0.05, 0) is 38.0 Å². The molecular weight excluding hydrogens is 176 g/mol. The standard InChI is InChI=1S/C12H22O2/c1-9(2)8-10(3)12(13)14-11-6-4-5-7-11/h9-11H,4-8H2,1-3H3. The van der Waals surface area contributed by atoms with Crippen LogP contribution in [0.4, 0.5) is 0 Å². The monoisotopic (exact) mass is 198 g/mol. The highest BCUT2D eigenvalue weighted by Gasteiger charge is 2.22. The van der Waals surface area contributed by atoms with Crippen molar-refractivity contribution in [1.29, 1.82) is 0 Å². The lowest BCUT2D eigenvalue weighted by Crippen LogP contribution is -2.21. The predicted molar refractivity (Wildman–Crippen MR) is 57.0 cm³/mol. The normalized spacial score (nSPS) is 20.0. The van der Waals surface area contributed by atoms with Gasteiger partial charge in [-0.2, -0.15) is 0 Å². The van der Waals surface area contributed by atoms with E-state index in [0.29, 0.717) is 5.92 Å². The third kappa shape index (κ3) is 3.69. The van der Waals surface area contributed by atoms with E-state index in [9.17, 15) is 4.79 Å². The Bertz CT molecular complexity index is 181. The fourth-order valence-electron chi connectivity index (χ4n) is 2.09. The van der Waals surface area contributed by atoms with E-state index >= 15 is 0 Å². The summed E-state index contributed by atoms with van der Waals surface area (Å²) in [6.45, 7) is 6.25. The minimum absolute atomic E-state index is 0.00519. The second kappa shape index (κ2) is 5.38. The van der Waals surface area contributed by atoms with Gasteiger partial charge in [0.15, 0.2) is 0 Å². The smallest absolute Gasteiger partial charge is 0.308 e. The van der Waals surface area contributed by atoms with E-state index < -0.39 is 0 Å². The van der Waals surface area contributed by atoms with Gasteiger partial charge in [0, 0.05) is 0 Å². The average molecular weight is 198 g/mol. The van der Waals surface area contributed by atoms with Gasteiger partial charge in [0.1, 0.15) is 6.10 Å². The minimum Gasteiger partial charge on any atom is -0.462 e. The average Bonchev–Trinajstić information content (AvgIpc) is 2.55. The second-order valence-corrected chi connectivity index (χ2v) is 4.87. The first kappa shape index (κ1) is 11.5. The molecule has 1 aliphatic carbocycles. The van der Waals surface area contributed by atoms with E-state index in [1.165, 1.54) is 12.8 Å². The van der Waals surface area contributed by atoms with Crippen LogP contribution in [0.2, 0.25) is 0 Å². The number of carbonyl (C=O) groups is 1. The Morgan fingerprint density at radius 1 is 1.29 bits per heavy atom. The molecule has 0 spiro atoms. The molecule has 0 heterocycles. The van der Waals surface area contributed by atoms with Crippen molar-refractivity contribution in [2.24, 2.45) is 11.8 Å². The first-order valence-corrected chi connectivity index (χ1v) is 5.80. The lowest BCUT2D eigenvalue weighted by Gasteiger charge is -2.16. The van der Waals surface area contributed by atoms with Crippen molar-refractivity contribution in [2.75, 3.05) is 0 Å². The summed E-state index contributed by atoms with van der Waals surface area (Å²) in [5.41, 5.74) is 0. The maximum absolute atomic E-state index is 11.6. The van der Waals surface area contributed by atoms with Crippen LogP contribution in [0.3, 0.4) is 0 Å². The van der Waals surface area contributed by atoms with Crippen LogP contribution in [-0.4, -0.2) is 12.1 Å². The quantitative estimate of drug-likeness (QED) is 0.649. The summed E-state index contributed by atoms with van der Waals surface area (Å²) >= 11 is 0. The number of hydrogen-bond donors (Lipinski definition) is 0. The predicted octanol–water partition coefficient (Wildman–Crippen LogP) is 3.15. The van der Waals surface area contributed by atoms with Gasteiger partial charge in [0.05, 0.1) is 5.92 Å². The highest BCUT2D eigenvalue weighted by Crippen LogP contribution is 2.23. The van der Waals surface area contributed by atoms with Gasteiger partial charge in [0.2, 0.25) is 0 Å². The molecule has 1 rings (SSSR count). The Morgan fingerprint density at radius 3 is 2.36 bits per heavy atom. The maximum Gasteiger partial charge on any atom is 0.308 e. The zero-order chi connectivity index (χ0) is 10.6. The summed E-state index contributed by atoms with van der Waals surface area (Å²) in [4.78, 5) is 11.6. The van der Waals surface area contributed by atoms with Crippen LogP contribution in [0.5, 0.6) is 0 Å². The molecule has 0 aromatic carbocycles. The summed E-state index contributed by atoms with van der Waals surface area (Å²) in [6, 6.07) is 0. The van der Waals surface area contributed by atoms with E-state index in [-0.39, 0.29) is 18.0 Å². The van der Waals surface area contributed by atoms with Gasteiger partial charge in [-0.15, -0.1) is 0 Å². The summed E-state index contributed by atoms with van der Waals surface area (Å²) in [6.07, 6.45) is 5.73. The summed E-state index contributed by atoms with van der Waals surface area (Å²) < 4.78 is 5.44. The van der Waals surface area contributed by atoms with Crippen molar-refractivity contribution in [1.82, 2.24) is 0 Å². The van der Waals surface area contributed by atoms with Crippen molar-refractivity contribution in [3.05, 3.63) is 0 Å². The van der Waals surface area contributed by atoms with Gasteiger partial charge < -0.3 is 4.74 Å². The number of carbonyl (C=O) groups excluding carboxylic acids is 1. The molecule has 1 aliphatic rings. The van der Waals surface area contributed by atoms with Crippen LogP contribution in [-0.2, 0) is 9.53 Å². The number of hydrogen-bond acceptors (Lipinski definition) is 2. The van der Waals surface area contributed by atoms with E-state index in [1.807, 2.05) is 6.92 Å². The van der Waals surface area contributed by atoms with Gasteiger partial charge in [-0.1, -0.05) is 20.8 Å². The lowest BCUT2D eigenvalue weighted by atomic mass is 9.99. The molecule has 2 nitrogen and oxygen atoms in total. The zero-order valence-corrected chi connectivity index (χ0v) is 9.58. The van der Waals surface area contributed by atoms with Crippen LogP contribution in [0.15, 0.2) is 0 Å². The van der Waals surface area contributed by atoms with Crippen LogP contribution in [0.25, 0.3) is 0 Å². The Kier molecular flexibility index (Phi) is 4.43. The molecule has 1 saturated carbocycles. The topological polar surface area (TPSA) is 26.3 Å². The molecule has 0 radical (unpaired) electrons. The Labute approximate surface area is 87.0 Å². The molecule has 82 valence electrons. The number of esters is 1. The highest BCUT2D eigenvalue weighted by molar-refractivity contribution is 5.72. The van der Waals surface area contributed by atoms with E-state index in [1.54, 1.807) is 0 Å². The zero-order valence-electron chi connectivity index (χ0n) is 9.58. The highest BCUT2D eigenvalue weighted by atomic mass is 16.5. The summed E-state index contributed by atoms with van der Waals surface area (Å²) in [5.74, 6) is 0.641. The van der Waals surface area contributed by atoms with Gasteiger partial charge >= 0.3 is 5.97 Å². The Morgan fingerprint density at radius 2 is 1.86 bits per heavy atom. The molecule has 0 aromatic rings. The molecule has 0 saturated heterocycles. The molecule has 1 atom stereocenters. The first-order chi connectivity index (χ1) is 6.59. The van der Waals surface area contributed by atoms with Gasteiger partial charge in [-0.3, -0.25) is 4.79 Å². The summed E-state index contributed by atoms with van der Waals surface area (Å²) in [7, 11) is 0. The Hall–Kier alpha value is -0.530. The molecule has 0 N–H and O–H groups in total. The molecular formula is C12H22O2. The van der Waals surface area contributed by atoms with Crippen LogP contribution in [0, 0.1) is 11.8 Å². The first-order valence-electron chi connectivity index (χ1n) is 5.80. The van der Waals surface area contributed by atoms with Crippen molar-refractivity contribution in [2.45, 2.75) is 59.0 Å². The third-order valence-corrected chi connectivity index (χ3v) is 2.81. The van der Waals surface area contributed by atoms with E-state index in [0.717, 1.165) is 19.3 Å². The molecule has 14 heavy (non-hydrogen) atoms. The minimum atomic E-state index is 0.00519. The summed E-state index contributed by atoms with van der Waals surface area (Å²) in [5, 5.41) is 0. The molecule has 0 amide bonds. The maximum atomic E-state index is 11.6.